The number of carbonyl (C=O) groups excluding carboxylic acids is 1. The summed E-state index contributed by atoms with van der Waals surface area (Å²) in [6.07, 6.45) is 0. The first-order valence-electron chi connectivity index (χ1n) is 7.45. The third-order valence-electron chi connectivity index (χ3n) is 3.58. The Labute approximate surface area is 159 Å². The SMILES string of the molecule is Cc1ccc(S(=O)(=O)c2ccc(C(=O)Nc3ccc(Cl)cc3F)s2)cc1. The minimum atomic E-state index is -3.71. The molecule has 0 aliphatic heterocycles. The molecule has 0 spiro atoms. The summed E-state index contributed by atoms with van der Waals surface area (Å²) in [7, 11) is -3.71. The molecule has 0 saturated heterocycles. The molecule has 0 saturated carbocycles. The molecule has 0 fully saturated rings. The maximum Gasteiger partial charge on any atom is 0.265 e. The molecule has 8 heteroatoms. The number of anilines is 1. The highest BCUT2D eigenvalue weighted by atomic mass is 35.5. The number of benzene rings is 2. The summed E-state index contributed by atoms with van der Waals surface area (Å²) in [5.41, 5.74) is 0.913. The number of hydrogen-bond donors (Lipinski definition) is 1. The molecule has 1 aromatic heterocycles. The van der Waals surface area contributed by atoms with E-state index in [0.717, 1.165) is 23.0 Å². The Morgan fingerprint density at radius 1 is 1.08 bits per heavy atom. The van der Waals surface area contributed by atoms with Gasteiger partial charge in [0, 0.05) is 5.02 Å². The van der Waals surface area contributed by atoms with E-state index in [9.17, 15) is 17.6 Å². The van der Waals surface area contributed by atoms with Crippen LogP contribution in [0, 0.1) is 12.7 Å². The number of halogens is 2. The zero-order chi connectivity index (χ0) is 18.9. The number of hydrogen-bond acceptors (Lipinski definition) is 4. The minimum Gasteiger partial charge on any atom is -0.319 e. The van der Waals surface area contributed by atoms with Gasteiger partial charge < -0.3 is 5.32 Å². The fourth-order valence-corrected chi connectivity index (χ4v) is 4.96. The van der Waals surface area contributed by atoms with Crippen LogP contribution in [0.5, 0.6) is 0 Å². The number of thiophene rings is 1. The van der Waals surface area contributed by atoms with Crippen molar-refractivity contribution in [1.82, 2.24) is 0 Å². The minimum absolute atomic E-state index is 0.0317. The summed E-state index contributed by atoms with van der Waals surface area (Å²) in [6.45, 7) is 1.86. The van der Waals surface area contributed by atoms with Crippen LogP contribution in [0.2, 0.25) is 5.02 Å². The van der Waals surface area contributed by atoms with Gasteiger partial charge in [-0.2, -0.15) is 0 Å². The Bertz CT molecular complexity index is 1080. The van der Waals surface area contributed by atoms with Crippen LogP contribution in [0.15, 0.2) is 63.7 Å². The van der Waals surface area contributed by atoms with E-state index in [4.69, 9.17) is 11.6 Å². The Kier molecular flexibility index (Phi) is 5.13. The van der Waals surface area contributed by atoms with Crippen molar-refractivity contribution in [3.05, 3.63) is 75.9 Å². The topological polar surface area (TPSA) is 63.2 Å². The maximum absolute atomic E-state index is 13.8. The molecule has 0 radical (unpaired) electrons. The predicted molar refractivity (Wildman–Crippen MR) is 100 cm³/mol. The molecule has 26 heavy (non-hydrogen) atoms. The van der Waals surface area contributed by atoms with Gasteiger partial charge in [0.05, 0.1) is 15.5 Å². The Morgan fingerprint density at radius 2 is 1.77 bits per heavy atom. The van der Waals surface area contributed by atoms with Crippen molar-refractivity contribution < 1.29 is 17.6 Å². The third-order valence-corrected chi connectivity index (χ3v) is 7.16. The van der Waals surface area contributed by atoms with Crippen molar-refractivity contribution in [2.24, 2.45) is 0 Å². The summed E-state index contributed by atoms with van der Waals surface area (Å²) in [4.78, 5) is 12.6. The van der Waals surface area contributed by atoms with E-state index in [1.165, 1.54) is 36.4 Å². The van der Waals surface area contributed by atoms with Gasteiger partial charge in [-0.15, -0.1) is 11.3 Å². The van der Waals surface area contributed by atoms with Gasteiger partial charge in [0.1, 0.15) is 10.0 Å². The molecule has 0 aliphatic rings. The molecule has 2 aromatic carbocycles. The zero-order valence-corrected chi connectivity index (χ0v) is 15.9. The van der Waals surface area contributed by atoms with Gasteiger partial charge in [0.25, 0.3) is 5.91 Å². The number of rotatable bonds is 4. The van der Waals surface area contributed by atoms with Crippen LogP contribution in [0.3, 0.4) is 0 Å². The molecule has 1 amide bonds. The molecule has 0 unspecified atom stereocenters. The molecule has 0 bridgehead atoms. The van der Waals surface area contributed by atoms with E-state index in [-0.39, 0.29) is 24.7 Å². The summed E-state index contributed by atoms with van der Waals surface area (Å²) in [5, 5.41) is 2.62. The summed E-state index contributed by atoms with van der Waals surface area (Å²) in [6, 6.07) is 13.1. The highest BCUT2D eigenvalue weighted by Gasteiger charge is 2.22. The molecule has 1 N–H and O–H groups in total. The monoisotopic (exact) mass is 409 g/mol. The lowest BCUT2D eigenvalue weighted by Gasteiger charge is -2.05. The molecule has 0 aliphatic carbocycles. The Morgan fingerprint density at radius 3 is 2.42 bits per heavy atom. The molecule has 3 aromatic rings. The quantitative estimate of drug-likeness (QED) is 0.664. The number of nitrogens with one attached hydrogen (secondary N) is 1. The van der Waals surface area contributed by atoms with Crippen LogP contribution < -0.4 is 5.32 Å². The van der Waals surface area contributed by atoms with Gasteiger partial charge in [-0.05, 0) is 49.4 Å². The molecular weight excluding hydrogens is 397 g/mol. The average Bonchev–Trinajstić information content (AvgIpc) is 3.09. The second kappa shape index (κ2) is 7.19. The van der Waals surface area contributed by atoms with Gasteiger partial charge in [-0.3, -0.25) is 4.79 Å². The van der Waals surface area contributed by atoms with Crippen LogP contribution in [0.25, 0.3) is 0 Å². The Balaban J connectivity index is 1.85. The normalized spacial score (nSPS) is 11.3. The number of sulfone groups is 1. The summed E-state index contributed by atoms with van der Waals surface area (Å²) < 4.78 is 39.1. The second-order valence-corrected chi connectivity index (χ2v) is 9.21. The smallest absolute Gasteiger partial charge is 0.265 e. The third kappa shape index (κ3) is 3.80. The standard InChI is InChI=1S/C18H13ClFNO3S2/c1-11-2-5-13(6-3-11)26(23,24)17-9-8-16(25-17)18(22)21-15-7-4-12(19)10-14(15)20/h2-10H,1H3,(H,21,22). The molecule has 4 nitrogen and oxygen atoms in total. The maximum atomic E-state index is 13.8. The van der Waals surface area contributed by atoms with Gasteiger partial charge >= 0.3 is 0 Å². The van der Waals surface area contributed by atoms with Gasteiger partial charge in [-0.25, -0.2) is 12.8 Å². The first-order valence-corrected chi connectivity index (χ1v) is 10.1. The number of carbonyl (C=O) groups is 1. The van der Waals surface area contributed by atoms with Crippen molar-refractivity contribution in [1.29, 1.82) is 0 Å². The predicted octanol–water partition coefficient (Wildman–Crippen LogP) is 4.93. The van der Waals surface area contributed by atoms with Crippen molar-refractivity contribution in [3.8, 4) is 0 Å². The van der Waals surface area contributed by atoms with Gasteiger partial charge in [0.15, 0.2) is 0 Å². The van der Waals surface area contributed by atoms with Crippen molar-refractivity contribution in [2.45, 2.75) is 16.0 Å². The molecular formula is C18H13ClFNO3S2. The van der Waals surface area contributed by atoms with Crippen molar-refractivity contribution in [2.75, 3.05) is 5.32 Å². The molecule has 1 heterocycles. The first-order chi connectivity index (χ1) is 12.3. The zero-order valence-electron chi connectivity index (χ0n) is 13.5. The van der Waals surface area contributed by atoms with Crippen LogP contribution in [-0.2, 0) is 9.84 Å². The number of aryl methyl sites for hydroxylation is 1. The van der Waals surface area contributed by atoms with Crippen molar-refractivity contribution >= 4 is 44.4 Å². The van der Waals surface area contributed by atoms with Crippen LogP contribution in [0.1, 0.15) is 15.2 Å². The first kappa shape index (κ1) is 18.6. The van der Waals surface area contributed by atoms with Crippen LogP contribution in [0.4, 0.5) is 10.1 Å². The van der Waals surface area contributed by atoms with Gasteiger partial charge in [0.2, 0.25) is 9.84 Å². The number of amides is 1. The second-order valence-electron chi connectivity index (χ2n) is 5.51. The van der Waals surface area contributed by atoms with Crippen LogP contribution >= 0.6 is 22.9 Å². The van der Waals surface area contributed by atoms with E-state index in [1.807, 2.05) is 6.92 Å². The van der Waals surface area contributed by atoms with E-state index in [2.05, 4.69) is 5.32 Å². The molecule has 0 atom stereocenters. The largest absolute Gasteiger partial charge is 0.319 e. The van der Waals surface area contributed by atoms with Crippen LogP contribution in [-0.4, -0.2) is 14.3 Å². The summed E-state index contributed by atoms with van der Waals surface area (Å²) in [5.74, 6) is -1.27. The van der Waals surface area contributed by atoms with Crippen molar-refractivity contribution in [3.63, 3.8) is 0 Å². The van der Waals surface area contributed by atoms with E-state index < -0.39 is 21.6 Å². The molecule has 3 rings (SSSR count). The fourth-order valence-electron chi connectivity index (χ4n) is 2.19. The molecule has 134 valence electrons. The fraction of sp³-hybridized carbons (Fsp3) is 0.0556. The highest BCUT2D eigenvalue weighted by molar-refractivity contribution is 7.93. The van der Waals surface area contributed by atoms with E-state index >= 15 is 0 Å². The lowest BCUT2D eigenvalue weighted by Crippen LogP contribution is -2.11. The average molecular weight is 410 g/mol. The lowest BCUT2D eigenvalue weighted by molar-refractivity contribution is 0.103. The van der Waals surface area contributed by atoms with Gasteiger partial charge in [-0.1, -0.05) is 29.3 Å². The highest BCUT2D eigenvalue weighted by Crippen LogP contribution is 2.29. The van der Waals surface area contributed by atoms with E-state index in [1.54, 1.807) is 12.1 Å². The summed E-state index contributed by atoms with van der Waals surface area (Å²) >= 11 is 6.50. The lowest BCUT2D eigenvalue weighted by atomic mass is 10.2. The Hall–Kier alpha value is -2.22. The van der Waals surface area contributed by atoms with E-state index in [0.29, 0.717) is 0 Å².